The maximum Gasteiger partial charge on any atom is 1.00 e. The molecule has 14 heteroatoms. The molecule has 0 N–H and O–H groups in total. The van der Waals surface area contributed by atoms with E-state index in [4.69, 9.17) is 28.1 Å². The molecule has 13 aliphatic carbocycles. The van der Waals surface area contributed by atoms with Crippen LogP contribution >= 0.6 is 28.1 Å². The van der Waals surface area contributed by atoms with Gasteiger partial charge in [0.05, 0.1) is 22.8 Å². The third-order valence-corrected chi connectivity index (χ3v) is 113. The fourth-order valence-electron chi connectivity index (χ4n) is 23.8. The number of fused-ring (bicyclic) bond motifs is 8. The number of aryl methyl sites for hydroxylation is 4. The van der Waals surface area contributed by atoms with Gasteiger partial charge in [-0.05, 0) is 195 Å². The van der Waals surface area contributed by atoms with Gasteiger partial charge in [-0.15, -0.1) is 0 Å². The normalized spacial score (nSPS) is 30.3. The fourth-order valence-corrected chi connectivity index (χ4v) is 69.3. The number of hydrogen-bond donors (Lipinski definition) is 0. The topological polar surface area (TPSA) is 0 Å². The summed E-state index contributed by atoms with van der Waals surface area (Å²) in [6.07, 6.45) is 62.2. The summed E-state index contributed by atoms with van der Waals surface area (Å²) in [7, 11) is 1.47. The Kier molecular flexibility index (Phi) is 30.1. The molecule has 0 bridgehead atoms. The predicted molar refractivity (Wildman–Crippen MR) is 437 cm³/mol. The molecule has 15 rings (SSSR count). The predicted octanol–water partition coefficient (Wildman–Crippen LogP) is 21.2. The average molecular weight is 1550 g/mol. The Bertz CT molecular complexity index is 2890. The van der Waals surface area contributed by atoms with Gasteiger partial charge in [0.1, 0.15) is 6.90 Å². The molecule has 2 aromatic carbocycles. The SMILES string of the molecule is C[Si](C)(C1C=CC=C1)[Si](C)(C)C1C=Cc2cc3c(cc21)CCC3.C[Si](C)(C1CCCC1)[Si](C)(C)C1CCC2CC3CCCC3CC21.C[Si](C)(C1CCCC1)[Si](C)(C)C1CCC2CC3CCCC3CC21.C[Si](C)(Cl)[Si](C)(C)C1C=Cc2cc3c(cc21)CCC3.[CH3-].[CH3-].[Cl][Zr+2][Cl].[Li+].[Li+]. The molecule has 0 amide bonds. The summed E-state index contributed by atoms with van der Waals surface area (Å²) in [6.45, 7) is 41.5. The van der Waals surface area contributed by atoms with E-state index in [1.54, 1.807) is 175 Å². The van der Waals surface area contributed by atoms with Crippen molar-refractivity contribution in [3.63, 3.8) is 0 Å². The van der Waals surface area contributed by atoms with Gasteiger partial charge in [0.2, 0.25) is 0 Å². The first-order valence-corrected chi connectivity index (χ1v) is 74.5. The van der Waals surface area contributed by atoms with Crippen LogP contribution in [0.25, 0.3) is 12.2 Å². The van der Waals surface area contributed by atoms with Gasteiger partial charge in [-0.2, -0.15) is 11.1 Å². The summed E-state index contributed by atoms with van der Waals surface area (Å²) in [4.78, 5) is 0. The van der Waals surface area contributed by atoms with Gasteiger partial charge >= 0.3 is 75.6 Å². The van der Waals surface area contributed by atoms with Crippen molar-refractivity contribution >= 4 is 100 Å². The molecule has 8 fully saturated rings. The Labute approximate surface area is 642 Å². The summed E-state index contributed by atoms with van der Waals surface area (Å²) in [5.41, 5.74) is 19.6. The molecule has 2 aromatic rings. The molecule has 0 aromatic heterocycles. The molecule has 0 aliphatic heterocycles. The van der Waals surface area contributed by atoms with Crippen LogP contribution in [-0.2, 0) is 46.5 Å². The van der Waals surface area contributed by atoms with E-state index in [1.165, 1.54) is 83.7 Å². The first kappa shape index (κ1) is 84.3. The van der Waals surface area contributed by atoms with Crippen molar-refractivity contribution in [3.05, 3.63) is 120 Å². The monoisotopic (exact) mass is 1540 g/mol. The van der Waals surface area contributed by atoms with Crippen molar-refractivity contribution in [2.75, 3.05) is 0 Å². The third kappa shape index (κ3) is 16.8. The van der Waals surface area contributed by atoms with Crippen molar-refractivity contribution in [1.29, 1.82) is 0 Å². The second-order valence-corrected chi connectivity index (χ2v) is 108. The summed E-state index contributed by atoms with van der Waals surface area (Å²) < 4.78 is 0. The molecule has 95 heavy (non-hydrogen) atoms. The first-order valence-electron chi connectivity index (χ1n) is 38.6. The van der Waals surface area contributed by atoms with Crippen LogP contribution in [-0.4, -0.2) is 60.0 Å². The van der Waals surface area contributed by atoms with Crippen LogP contribution in [0.15, 0.2) is 60.7 Å². The smallest absolute Gasteiger partial charge is 1.00 e. The van der Waals surface area contributed by atoms with Gasteiger partial charge in [-0.1, -0.05) is 293 Å². The van der Waals surface area contributed by atoms with E-state index in [0.29, 0.717) is 11.1 Å². The zero-order valence-corrected chi connectivity index (χ0v) is 77.7. The standard InChI is InChI=1S/2C21H40Si2.C21H28Si2.C16H23ClSi2.2CH3.2ClH.2Li.Zr/c3*1-22(2,19-10-5-6-11-19)23(3,4)21-13-12-18-14-16-8-7-9-17(16)15-20(18)21;1-18(2,19(3,4)17)16-9-8-14-10-12-6-5-7-13(12)11-15(14)16;;;;;;;/h2*16-21H,5-15H2,1-4H3;5-6,10-15,19,21H,7-9H2,1-4H3;8-11,16H,5-7H2,1-4H3;2*1H3;2*1H;;;/q;;;;2*-1;;;2*+1;+4/p-2. The van der Waals surface area contributed by atoms with Gasteiger partial charge in [0, 0.05) is 30.4 Å². The molecule has 12 unspecified atom stereocenters. The van der Waals surface area contributed by atoms with E-state index in [2.05, 4.69) is 178 Å². The second-order valence-electron chi connectivity index (χ2n) is 37.8. The Morgan fingerprint density at radius 2 is 0.684 bits per heavy atom. The Hall–Kier alpha value is 2.08. The Morgan fingerprint density at radius 3 is 1.04 bits per heavy atom. The number of benzene rings is 2. The summed E-state index contributed by atoms with van der Waals surface area (Å²) in [6, 6.07) is 10.0. The van der Waals surface area contributed by atoms with Crippen LogP contribution in [0, 0.1) is 62.2 Å². The van der Waals surface area contributed by atoms with Crippen molar-refractivity contribution in [2.45, 2.75) is 323 Å². The maximum atomic E-state index is 6.86. The van der Waals surface area contributed by atoms with Crippen LogP contribution < -0.4 is 37.7 Å². The molecule has 0 nitrogen and oxygen atoms in total. The zero-order chi connectivity index (χ0) is 65.3. The van der Waals surface area contributed by atoms with E-state index in [-0.39, 0.29) is 52.6 Å². The maximum absolute atomic E-state index is 6.86. The third-order valence-electron chi connectivity index (χ3n) is 32.4. The molecule has 0 heterocycles. The second kappa shape index (κ2) is 33.9. The number of allylic oxidation sites excluding steroid dienone is 6. The van der Waals surface area contributed by atoms with Crippen LogP contribution in [0.5, 0.6) is 0 Å². The van der Waals surface area contributed by atoms with Crippen LogP contribution in [0.2, 0.25) is 132 Å². The van der Waals surface area contributed by atoms with E-state index in [1.807, 2.05) is 0 Å². The zero-order valence-electron chi connectivity index (χ0n) is 65.0. The van der Waals surface area contributed by atoms with Gasteiger partial charge in [0.15, 0.2) is 0 Å². The Morgan fingerprint density at radius 1 is 0.347 bits per heavy atom. The fraction of sp³-hybridized carbons (Fsp3) is 0.728. The van der Waals surface area contributed by atoms with E-state index in [9.17, 15) is 0 Å². The van der Waals surface area contributed by atoms with Crippen LogP contribution in [0.1, 0.15) is 210 Å². The molecule has 0 radical (unpaired) electrons. The number of rotatable bonds is 11. The van der Waals surface area contributed by atoms with E-state index >= 15 is 0 Å². The largest absolute Gasteiger partial charge is 1.00 e. The number of hydrogen-bond acceptors (Lipinski definition) is 0. The van der Waals surface area contributed by atoms with Crippen molar-refractivity contribution in [1.82, 2.24) is 0 Å². The molecular formula is C81H137Cl3Li2Si8Zr+2. The molecule has 518 valence electrons. The molecule has 8 saturated carbocycles. The van der Waals surface area contributed by atoms with Crippen molar-refractivity contribution < 1.29 is 58.6 Å². The van der Waals surface area contributed by atoms with Crippen LogP contribution in [0.4, 0.5) is 0 Å². The van der Waals surface area contributed by atoms with Gasteiger partial charge in [0.25, 0.3) is 0 Å². The van der Waals surface area contributed by atoms with E-state index in [0.717, 1.165) is 41.0 Å². The minimum atomic E-state index is -1.58. The quantitative estimate of drug-likeness (QED) is 0.120. The summed E-state index contributed by atoms with van der Waals surface area (Å²) in [5.74, 6) is 9.25. The molecular weight excluding hydrogens is 1410 g/mol. The van der Waals surface area contributed by atoms with Gasteiger partial charge in [-0.25, -0.2) is 0 Å². The van der Waals surface area contributed by atoms with Gasteiger partial charge in [-0.3, -0.25) is 0 Å². The number of halogens is 3. The molecule has 0 saturated heterocycles. The molecule has 12 atom stereocenters. The minimum absolute atomic E-state index is 0. The minimum Gasteiger partial charge on any atom is 1.00 e. The van der Waals surface area contributed by atoms with Crippen LogP contribution in [0.3, 0.4) is 0 Å². The summed E-state index contributed by atoms with van der Waals surface area (Å²) >= 11 is 6.03. The van der Waals surface area contributed by atoms with Crippen molar-refractivity contribution in [3.8, 4) is 0 Å². The molecule has 13 aliphatic rings. The Balaban J connectivity index is 0.000000174. The first-order chi connectivity index (χ1) is 42.9. The van der Waals surface area contributed by atoms with Crippen molar-refractivity contribution in [2.24, 2.45) is 47.3 Å². The summed E-state index contributed by atoms with van der Waals surface area (Å²) in [5, 5.41) is 0. The van der Waals surface area contributed by atoms with E-state index < -0.39 is 80.9 Å². The molecule has 0 spiro atoms. The average Bonchev–Trinajstić information content (AvgIpc) is 1.68. The van der Waals surface area contributed by atoms with Gasteiger partial charge < -0.3 is 14.9 Å².